The predicted molar refractivity (Wildman–Crippen MR) is 87.6 cm³/mol. The average Bonchev–Trinajstić information content (AvgIpc) is 2.67. The van der Waals surface area contributed by atoms with Crippen molar-refractivity contribution in [3.05, 3.63) is 59.7 Å². The summed E-state index contributed by atoms with van der Waals surface area (Å²) in [5.74, 6) is 0.487. The fraction of sp³-hybridized carbons (Fsp3) is 0.222. The van der Waals surface area contributed by atoms with Gasteiger partial charge in [-0.3, -0.25) is 9.59 Å². The van der Waals surface area contributed by atoms with Gasteiger partial charge < -0.3 is 14.5 Å². The van der Waals surface area contributed by atoms with Crippen LogP contribution in [0.15, 0.2) is 48.5 Å². The van der Waals surface area contributed by atoms with E-state index in [2.05, 4.69) is 0 Å². The molecule has 0 saturated carbocycles. The highest BCUT2D eigenvalue weighted by atomic mass is 16.5. The number of rotatable bonds is 3. The normalized spacial score (nSPS) is 14.5. The smallest absolute Gasteiger partial charge is 0.256 e. The zero-order valence-corrected chi connectivity index (χ0v) is 13.2. The number of hydrogen-bond acceptors (Lipinski definition) is 3. The first-order valence-corrected chi connectivity index (χ1v) is 7.38. The van der Waals surface area contributed by atoms with Crippen molar-refractivity contribution in [3.8, 4) is 5.75 Å². The lowest BCUT2D eigenvalue weighted by atomic mass is 10.1. The van der Waals surface area contributed by atoms with Crippen LogP contribution in [0.4, 0.5) is 5.69 Å². The van der Waals surface area contributed by atoms with Gasteiger partial charge in [0.15, 0.2) is 0 Å². The van der Waals surface area contributed by atoms with E-state index in [1.54, 1.807) is 36.1 Å². The molecular formula is C18H18N2O3. The van der Waals surface area contributed by atoms with Crippen molar-refractivity contribution in [3.63, 3.8) is 0 Å². The number of anilines is 1. The topological polar surface area (TPSA) is 49.9 Å². The molecule has 5 heteroatoms. The van der Waals surface area contributed by atoms with E-state index in [-0.39, 0.29) is 18.4 Å². The lowest BCUT2D eigenvalue weighted by Crippen LogP contribution is -2.37. The maximum atomic E-state index is 12.8. The Morgan fingerprint density at radius 3 is 2.65 bits per heavy atom. The SMILES string of the molecule is COc1cccc(CN2CC(=O)N(C)c3ccccc3C2=O)c1. The highest BCUT2D eigenvalue weighted by Gasteiger charge is 2.29. The van der Waals surface area contributed by atoms with Gasteiger partial charge in [-0.15, -0.1) is 0 Å². The summed E-state index contributed by atoms with van der Waals surface area (Å²) in [5.41, 5.74) is 2.12. The van der Waals surface area contributed by atoms with Crippen LogP contribution in [0, 0.1) is 0 Å². The molecule has 1 aliphatic rings. The zero-order valence-electron chi connectivity index (χ0n) is 13.2. The van der Waals surface area contributed by atoms with Crippen LogP contribution in [0.2, 0.25) is 0 Å². The summed E-state index contributed by atoms with van der Waals surface area (Å²) in [5, 5.41) is 0. The average molecular weight is 310 g/mol. The number of carbonyl (C=O) groups is 2. The first-order chi connectivity index (χ1) is 11.1. The van der Waals surface area contributed by atoms with Crippen LogP contribution in [-0.4, -0.2) is 37.4 Å². The van der Waals surface area contributed by atoms with E-state index in [1.807, 2.05) is 36.4 Å². The van der Waals surface area contributed by atoms with Gasteiger partial charge in [0, 0.05) is 13.6 Å². The van der Waals surface area contributed by atoms with Crippen molar-refractivity contribution in [2.75, 3.05) is 25.6 Å². The number of amides is 2. The first kappa shape index (κ1) is 15.1. The molecule has 2 aromatic carbocycles. The van der Waals surface area contributed by atoms with E-state index in [1.165, 1.54) is 0 Å². The second kappa shape index (κ2) is 6.12. The van der Waals surface area contributed by atoms with Crippen molar-refractivity contribution < 1.29 is 14.3 Å². The summed E-state index contributed by atoms with van der Waals surface area (Å²) in [4.78, 5) is 28.3. The number of methoxy groups -OCH3 is 1. The van der Waals surface area contributed by atoms with Gasteiger partial charge >= 0.3 is 0 Å². The molecule has 5 nitrogen and oxygen atoms in total. The molecule has 0 N–H and O–H groups in total. The number of carbonyl (C=O) groups excluding carboxylic acids is 2. The first-order valence-electron chi connectivity index (χ1n) is 7.38. The van der Waals surface area contributed by atoms with E-state index in [0.717, 1.165) is 11.3 Å². The Morgan fingerprint density at radius 2 is 1.87 bits per heavy atom. The van der Waals surface area contributed by atoms with Crippen LogP contribution < -0.4 is 9.64 Å². The molecule has 0 aromatic heterocycles. The van der Waals surface area contributed by atoms with Crippen molar-refractivity contribution in [2.45, 2.75) is 6.54 Å². The Morgan fingerprint density at radius 1 is 1.09 bits per heavy atom. The summed E-state index contributed by atoms with van der Waals surface area (Å²) in [6.07, 6.45) is 0. The number of nitrogens with zero attached hydrogens (tertiary/aromatic N) is 2. The molecule has 0 atom stereocenters. The van der Waals surface area contributed by atoms with Crippen LogP contribution >= 0.6 is 0 Å². The summed E-state index contributed by atoms with van der Waals surface area (Å²) in [7, 11) is 3.30. The Bertz CT molecular complexity index is 757. The second-order valence-corrected chi connectivity index (χ2v) is 5.48. The van der Waals surface area contributed by atoms with E-state index in [9.17, 15) is 9.59 Å². The third-order valence-electron chi connectivity index (χ3n) is 3.99. The van der Waals surface area contributed by atoms with Crippen LogP contribution in [-0.2, 0) is 11.3 Å². The molecule has 3 rings (SSSR count). The molecule has 0 spiro atoms. The minimum absolute atomic E-state index is 0.0568. The largest absolute Gasteiger partial charge is 0.497 e. The van der Waals surface area contributed by atoms with E-state index >= 15 is 0 Å². The third kappa shape index (κ3) is 2.90. The number of hydrogen-bond donors (Lipinski definition) is 0. The van der Waals surface area contributed by atoms with Gasteiger partial charge in [0.2, 0.25) is 5.91 Å². The van der Waals surface area contributed by atoms with Gasteiger partial charge in [0.1, 0.15) is 12.3 Å². The van der Waals surface area contributed by atoms with Gasteiger partial charge in [0.25, 0.3) is 5.91 Å². The second-order valence-electron chi connectivity index (χ2n) is 5.48. The number of fused-ring (bicyclic) bond motifs is 1. The molecule has 0 radical (unpaired) electrons. The fourth-order valence-corrected chi connectivity index (χ4v) is 2.71. The fourth-order valence-electron chi connectivity index (χ4n) is 2.71. The Kier molecular flexibility index (Phi) is 4.02. The maximum absolute atomic E-state index is 12.8. The van der Waals surface area contributed by atoms with Crippen LogP contribution in [0.1, 0.15) is 15.9 Å². The van der Waals surface area contributed by atoms with Gasteiger partial charge in [-0.2, -0.15) is 0 Å². The molecule has 0 unspecified atom stereocenters. The standard InChI is InChI=1S/C18H18N2O3/c1-19-16-9-4-3-8-15(16)18(22)20(12-17(19)21)11-13-6-5-7-14(10-13)23-2/h3-10H,11-12H2,1-2H3. The molecule has 0 bridgehead atoms. The highest BCUT2D eigenvalue weighted by molar-refractivity contribution is 6.09. The highest BCUT2D eigenvalue weighted by Crippen LogP contribution is 2.25. The van der Waals surface area contributed by atoms with E-state index in [0.29, 0.717) is 17.8 Å². The minimum atomic E-state index is -0.138. The number of para-hydroxylation sites is 1. The van der Waals surface area contributed by atoms with E-state index < -0.39 is 0 Å². The molecular weight excluding hydrogens is 292 g/mol. The molecule has 118 valence electrons. The Hall–Kier alpha value is -2.82. The van der Waals surface area contributed by atoms with Gasteiger partial charge in [-0.25, -0.2) is 0 Å². The number of ether oxygens (including phenoxy) is 1. The van der Waals surface area contributed by atoms with Gasteiger partial charge in [0.05, 0.1) is 18.4 Å². The number of likely N-dealkylation sites (N-methyl/N-ethyl adjacent to an activating group) is 1. The van der Waals surface area contributed by atoms with Gasteiger partial charge in [-0.05, 0) is 29.8 Å². The van der Waals surface area contributed by atoms with Crippen molar-refractivity contribution >= 4 is 17.5 Å². The summed E-state index contributed by atoms with van der Waals surface area (Å²) in [6.45, 7) is 0.422. The van der Waals surface area contributed by atoms with Crippen molar-refractivity contribution in [1.82, 2.24) is 4.90 Å². The van der Waals surface area contributed by atoms with Crippen molar-refractivity contribution in [1.29, 1.82) is 0 Å². The monoisotopic (exact) mass is 310 g/mol. The summed E-state index contributed by atoms with van der Waals surface area (Å²) in [6, 6.07) is 14.7. The van der Waals surface area contributed by atoms with Crippen molar-refractivity contribution in [2.24, 2.45) is 0 Å². The molecule has 2 amide bonds. The predicted octanol–water partition coefficient (Wildman–Crippen LogP) is 2.31. The molecule has 1 heterocycles. The van der Waals surface area contributed by atoms with Gasteiger partial charge in [-0.1, -0.05) is 24.3 Å². The minimum Gasteiger partial charge on any atom is -0.497 e. The molecule has 2 aromatic rings. The van der Waals surface area contributed by atoms with Crippen LogP contribution in [0.5, 0.6) is 5.75 Å². The molecule has 0 saturated heterocycles. The number of benzene rings is 2. The third-order valence-corrected chi connectivity index (χ3v) is 3.99. The molecule has 1 aliphatic heterocycles. The maximum Gasteiger partial charge on any atom is 0.256 e. The molecule has 23 heavy (non-hydrogen) atoms. The lowest BCUT2D eigenvalue weighted by molar-refractivity contribution is -0.118. The Labute approximate surface area is 135 Å². The summed E-state index contributed by atoms with van der Waals surface area (Å²) >= 11 is 0. The van der Waals surface area contributed by atoms with Crippen LogP contribution in [0.25, 0.3) is 0 Å². The molecule has 0 fully saturated rings. The quantitative estimate of drug-likeness (QED) is 0.874. The zero-order chi connectivity index (χ0) is 16.4. The molecule has 0 aliphatic carbocycles. The Balaban J connectivity index is 1.94. The van der Waals surface area contributed by atoms with Crippen LogP contribution in [0.3, 0.4) is 0 Å². The van der Waals surface area contributed by atoms with E-state index in [4.69, 9.17) is 4.74 Å². The lowest BCUT2D eigenvalue weighted by Gasteiger charge is -2.20. The summed E-state index contributed by atoms with van der Waals surface area (Å²) < 4.78 is 5.21.